The van der Waals surface area contributed by atoms with Gasteiger partial charge in [-0.05, 0) is 54.8 Å². The molecule has 0 radical (unpaired) electrons. The van der Waals surface area contributed by atoms with E-state index < -0.39 is 22.0 Å². The van der Waals surface area contributed by atoms with Crippen molar-refractivity contribution < 1.29 is 27.4 Å². The summed E-state index contributed by atoms with van der Waals surface area (Å²) in [7, 11) is 0.491. The van der Waals surface area contributed by atoms with Crippen LogP contribution < -0.4 is 24.2 Å². The quantitative estimate of drug-likeness (QED) is 0.456. The lowest BCUT2D eigenvalue weighted by atomic mass is 10.1. The van der Waals surface area contributed by atoms with Crippen LogP contribution in [0.1, 0.15) is 11.1 Å². The molecule has 9 heteroatoms. The second-order valence-corrected chi connectivity index (χ2v) is 9.26. The van der Waals surface area contributed by atoms with Gasteiger partial charge in [-0.3, -0.25) is 4.79 Å². The first-order valence-corrected chi connectivity index (χ1v) is 12.0. The molecule has 3 rings (SSSR count). The number of sulfonamides is 1. The standard InChI is InChI=1S/C25H28N2O6S/c1-17-14-20(11-13-23(17)32-3)34(29,30)27-22(15-18-8-6-5-7-9-18)25(28)26-21-16-19(31-2)10-12-24(21)33-4/h5-14,16,22,27H,15H2,1-4H3,(H,26,28)/t22-/m1/s1. The normalized spacial score (nSPS) is 12.0. The Morgan fingerprint density at radius 1 is 0.882 bits per heavy atom. The molecule has 0 bridgehead atoms. The Hall–Kier alpha value is -3.56. The minimum absolute atomic E-state index is 0.0376. The smallest absolute Gasteiger partial charge is 0.243 e. The predicted molar refractivity (Wildman–Crippen MR) is 130 cm³/mol. The fourth-order valence-electron chi connectivity index (χ4n) is 3.44. The van der Waals surface area contributed by atoms with Crippen LogP contribution in [0.2, 0.25) is 0 Å². The SMILES string of the molecule is COc1ccc(OC)c(NC(=O)[C@@H](Cc2ccccc2)NS(=O)(=O)c2ccc(OC)c(C)c2)c1. The lowest BCUT2D eigenvalue weighted by Crippen LogP contribution is -2.45. The van der Waals surface area contributed by atoms with Crippen LogP contribution in [0.3, 0.4) is 0 Å². The number of aryl methyl sites for hydroxylation is 1. The molecular weight excluding hydrogens is 456 g/mol. The number of hydrogen-bond acceptors (Lipinski definition) is 6. The van der Waals surface area contributed by atoms with Gasteiger partial charge in [0, 0.05) is 6.07 Å². The number of anilines is 1. The van der Waals surface area contributed by atoms with Crippen molar-refractivity contribution >= 4 is 21.6 Å². The molecule has 0 aliphatic heterocycles. The molecule has 0 aromatic heterocycles. The summed E-state index contributed by atoms with van der Waals surface area (Å²) in [5.74, 6) is 0.970. The first-order valence-electron chi connectivity index (χ1n) is 10.5. The van der Waals surface area contributed by atoms with E-state index >= 15 is 0 Å². The molecule has 8 nitrogen and oxygen atoms in total. The number of carbonyl (C=O) groups excluding carboxylic acids is 1. The highest BCUT2D eigenvalue weighted by Crippen LogP contribution is 2.29. The third-order valence-electron chi connectivity index (χ3n) is 5.24. The fourth-order valence-corrected chi connectivity index (χ4v) is 4.72. The van der Waals surface area contributed by atoms with E-state index in [0.717, 1.165) is 5.56 Å². The third-order valence-corrected chi connectivity index (χ3v) is 6.71. The fraction of sp³-hybridized carbons (Fsp3) is 0.240. The molecule has 1 atom stereocenters. The van der Waals surface area contributed by atoms with Crippen molar-refractivity contribution in [1.82, 2.24) is 4.72 Å². The average Bonchev–Trinajstić information content (AvgIpc) is 2.84. The van der Waals surface area contributed by atoms with Gasteiger partial charge in [0.1, 0.15) is 23.3 Å². The number of rotatable bonds is 10. The molecule has 0 unspecified atom stereocenters. The van der Waals surface area contributed by atoms with E-state index in [0.29, 0.717) is 28.5 Å². The monoisotopic (exact) mass is 484 g/mol. The van der Waals surface area contributed by atoms with Crippen LogP contribution in [0.25, 0.3) is 0 Å². The van der Waals surface area contributed by atoms with Crippen molar-refractivity contribution in [2.75, 3.05) is 26.6 Å². The zero-order valence-corrected chi connectivity index (χ0v) is 20.3. The molecule has 0 heterocycles. The maximum absolute atomic E-state index is 13.3. The number of benzene rings is 3. The Morgan fingerprint density at radius 2 is 1.56 bits per heavy atom. The van der Waals surface area contributed by atoms with Crippen LogP contribution in [0, 0.1) is 6.92 Å². The number of hydrogen-bond donors (Lipinski definition) is 2. The van der Waals surface area contributed by atoms with Crippen molar-refractivity contribution in [3.8, 4) is 17.2 Å². The maximum atomic E-state index is 13.3. The Bertz CT molecular complexity index is 1250. The molecule has 180 valence electrons. The Labute approximate surface area is 199 Å². The van der Waals surface area contributed by atoms with Crippen molar-refractivity contribution in [2.24, 2.45) is 0 Å². The minimum Gasteiger partial charge on any atom is -0.497 e. The van der Waals surface area contributed by atoms with Crippen LogP contribution in [0.5, 0.6) is 17.2 Å². The highest BCUT2D eigenvalue weighted by molar-refractivity contribution is 7.89. The number of ether oxygens (including phenoxy) is 3. The lowest BCUT2D eigenvalue weighted by molar-refractivity contribution is -0.117. The van der Waals surface area contributed by atoms with Gasteiger partial charge in [-0.1, -0.05) is 30.3 Å². The molecule has 0 spiro atoms. The lowest BCUT2D eigenvalue weighted by Gasteiger charge is -2.20. The van der Waals surface area contributed by atoms with Crippen LogP contribution in [0.4, 0.5) is 5.69 Å². The molecule has 1 amide bonds. The summed E-state index contributed by atoms with van der Waals surface area (Å²) in [4.78, 5) is 13.3. The number of carbonyl (C=O) groups is 1. The van der Waals surface area contributed by atoms with Gasteiger partial charge in [-0.25, -0.2) is 8.42 Å². The van der Waals surface area contributed by atoms with Gasteiger partial charge in [0.15, 0.2) is 0 Å². The van der Waals surface area contributed by atoms with E-state index in [1.165, 1.54) is 33.5 Å². The Balaban J connectivity index is 1.92. The van der Waals surface area contributed by atoms with E-state index in [-0.39, 0.29) is 11.3 Å². The molecule has 0 aliphatic rings. The molecule has 3 aromatic rings. The summed E-state index contributed by atoms with van der Waals surface area (Å²) >= 11 is 0. The van der Waals surface area contributed by atoms with E-state index in [4.69, 9.17) is 14.2 Å². The molecule has 0 aliphatic carbocycles. The molecule has 2 N–H and O–H groups in total. The summed E-state index contributed by atoms with van der Waals surface area (Å²) < 4.78 is 44.7. The van der Waals surface area contributed by atoms with Gasteiger partial charge in [0.05, 0.1) is 31.9 Å². The predicted octanol–water partition coefficient (Wildman–Crippen LogP) is 3.55. The minimum atomic E-state index is -4.02. The van der Waals surface area contributed by atoms with Gasteiger partial charge < -0.3 is 19.5 Å². The van der Waals surface area contributed by atoms with Crippen LogP contribution in [0.15, 0.2) is 71.6 Å². The topological polar surface area (TPSA) is 103 Å². The van der Waals surface area contributed by atoms with Gasteiger partial charge in [0.25, 0.3) is 0 Å². The molecule has 3 aromatic carbocycles. The summed E-state index contributed by atoms with van der Waals surface area (Å²) in [5, 5.41) is 2.77. The highest BCUT2D eigenvalue weighted by Gasteiger charge is 2.27. The Morgan fingerprint density at radius 3 is 2.18 bits per heavy atom. The van der Waals surface area contributed by atoms with Crippen LogP contribution in [-0.2, 0) is 21.2 Å². The van der Waals surface area contributed by atoms with E-state index in [2.05, 4.69) is 10.0 Å². The zero-order chi connectivity index (χ0) is 24.7. The van der Waals surface area contributed by atoms with Gasteiger partial charge in [-0.15, -0.1) is 0 Å². The van der Waals surface area contributed by atoms with Crippen molar-refractivity contribution in [2.45, 2.75) is 24.3 Å². The summed E-state index contributed by atoms with van der Waals surface area (Å²) in [5.41, 5.74) is 1.83. The second kappa shape index (κ2) is 11.0. The van der Waals surface area contributed by atoms with E-state index in [9.17, 15) is 13.2 Å². The molecule has 0 fully saturated rings. The molecule has 0 saturated heterocycles. The summed E-state index contributed by atoms with van der Waals surface area (Å²) in [6.07, 6.45) is 0.146. The van der Waals surface area contributed by atoms with Gasteiger partial charge in [0.2, 0.25) is 15.9 Å². The first kappa shape index (κ1) is 25.1. The van der Waals surface area contributed by atoms with Gasteiger partial charge >= 0.3 is 0 Å². The van der Waals surface area contributed by atoms with Gasteiger partial charge in [-0.2, -0.15) is 4.72 Å². The maximum Gasteiger partial charge on any atom is 0.243 e. The molecular formula is C25H28N2O6S. The van der Waals surface area contributed by atoms with Crippen LogP contribution >= 0.6 is 0 Å². The van der Waals surface area contributed by atoms with Crippen LogP contribution in [-0.4, -0.2) is 41.7 Å². The number of methoxy groups -OCH3 is 3. The van der Waals surface area contributed by atoms with Crippen molar-refractivity contribution in [1.29, 1.82) is 0 Å². The summed E-state index contributed by atoms with van der Waals surface area (Å²) in [6, 6.07) is 17.6. The largest absolute Gasteiger partial charge is 0.497 e. The first-order chi connectivity index (χ1) is 16.3. The highest BCUT2D eigenvalue weighted by atomic mass is 32.2. The number of nitrogens with one attached hydrogen (secondary N) is 2. The number of amides is 1. The molecule has 0 saturated carbocycles. The second-order valence-electron chi connectivity index (χ2n) is 7.55. The third kappa shape index (κ3) is 6.06. The van der Waals surface area contributed by atoms with Crippen molar-refractivity contribution in [3.63, 3.8) is 0 Å². The Kier molecular flexibility index (Phi) is 8.14. The van der Waals surface area contributed by atoms with Crippen molar-refractivity contribution in [3.05, 3.63) is 77.9 Å². The summed E-state index contributed by atoms with van der Waals surface area (Å²) in [6.45, 7) is 1.75. The zero-order valence-electron chi connectivity index (χ0n) is 19.5. The average molecular weight is 485 g/mol. The molecule has 34 heavy (non-hydrogen) atoms. The van der Waals surface area contributed by atoms with E-state index in [1.54, 1.807) is 31.2 Å². The van der Waals surface area contributed by atoms with E-state index in [1.807, 2.05) is 30.3 Å².